The third kappa shape index (κ3) is 3.67. The summed E-state index contributed by atoms with van der Waals surface area (Å²) in [5, 5.41) is 15.3. The monoisotopic (exact) mass is 453 g/mol. The summed E-state index contributed by atoms with van der Waals surface area (Å²) in [6, 6.07) is 14.6. The number of aromatic nitrogens is 3. The first-order valence-corrected chi connectivity index (χ1v) is 11.3. The van der Waals surface area contributed by atoms with Crippen LogP contribution in [0.1, 0.15) is 22.3 Å². The fraction of sp³-hybridized carbons (Fsp3) is 0.304. The SMILES string of the molecule is COc1cccc([C@H](c2sc3nc(C)nn3c2O)N2CCN(c3ccccc3F)CC2)c1. The second-order valence-corrected chi connectivity index (χ2v) is 8.81. The predicted molar refractivity (Wildman–Crippen MR) is 122 cm³/mol. The molecule has 1 N–H and O–H groups in total. The van der Waals surface area contributed by atoms with Gasteiger partial charge >= 0.3 is 0 Å². The number of rotatable bonds is 5. The fourth-order valence-corrected chi connectivity index (χ4v) is 5.46. The number of hydrogen-bond donors (Lipinski definition) is 1. The summed E-state index contributed by atoms with van der Waals surface area (Å²) < 4.78 is 21.2. The maximum atomic E-state index is 14.3. The lowest BCUT2D eigenvalue weighted by atomic mass is 10.0. The first-order chi connectivity index (χ1) is 15.5. The quantitative estimate of drug-likeness (QED) is 0.495. The van der Waals surface area contributed by atoms with Gasteiger partial charge < -0.3 is 14.7 Å². The number of fused-ring (bicyclic) bond motifs is 1. The minimum absolute atomic E-state index is 0.106. The zero-order valence-corrected chi connectivity index (χ0v) is 18.7. The molecular weight excluding hydrogens is 429 g/mol. The molecule has 166 valence electrons. The minimum atomic E-state index is -0.205. The lowest BCUT2D eigenvalue weighted by Gasteiger charge is -2.40. The van der Waals surface area contributed by atoms with Crippen LogP contribution in [-0.4, -0.2) is 57.9 Å². The van der Waals surface area contributed by atoms with Gasteiger partial charge in [0.2, 0.25) is 10.8 Å². The largest absolute Gasteiger partial charge is 0.497 e. The van der Waals surface area contributed by atoms with E-state index in [0.29, 0.717) is 42.7 Å². The van der Waals surface area contributed by atoms with Crippen molar-refractivity contribution in [3.63, 3.8) is 0 Å². The highest BCUT2D eigenvalue weighted by molar-refractivity contribution is 7.17. The molecule has 32 heavy (non-hydrogen) atoms. The van der Waals surface area contributed by atoms with Crippen molar-refractivity contribution >= 4 is 22.0 Å². The molecule has 1 aliphatic rings. The fourth-order valence-electron chi connectivity index (χ4n) is 4.29. The maximum absolute atomic E-state index is 14.3. The van der Waals surface area contributed by atoms with Gasteiger partial charge in [-0.15, -0.1) is 5.10 Å². The summed E-state index contributed by atoms with van der Waals surface area (Å²) in [4.78, 5) is 10.3. The number of thiazole rings is 1. The number of piperazine rings is 1. The molecular formula is C23H24FN5O2S. The standard InChI is InChI=1S/C23H24FN5O2S/c1-15-25-23-29(26-15)22(30)21(32-23)20(16-6-5-7-17(14-16)31-2)28-12-10-27(11-13-28)19-9-4-3-8-18(19)24/h3-9,14,20,30H,10-13H2,1-2H3/t20-/m1/s1. The van der Waals surface area contributed by atoms with Crippen LogP contribution < -0.4 is 9.64 Å². The molecule has 2 aromatic heterocycles. The van der Waals surface area contributed by atoms with E-state index >= 15 is 0 Å². The highest BCUT2D eigenvalue weighted by atomic mass is 32.1. The van der Waals surface area contributed by atoms with Crippen LogP contribution in [0.25, 0.3) is 4.96 Å². The van der Waals surface area contributed by atoms with Crippen molar-refractivity contribution in [3.05, 3.63) is 70.6 Å². The van der Waals surface area contributed by atoms with Gasteiger partial charge in [0.05, 0.1) is 23.7 Å². The van der Waals surface area contributed by atoms with Gasteiger partial charge in [0.25, 0.3) is 0 Å². The van der Waals surface area contributed by atoms with Crippen molar-refractivity contribution < 1.29 is 14.2 Å². The number of benzene rings is 2. The van der Waals surface area contributed by atoms with Crippen LogP contribution in [0.4, 0.5) is 10.1 Å². The summed E-state index contributed by atoms with van der Waals surface area (Å²) in [7, 11) is 1.64. The van der Waals surface area contributed by atoms with Gasteiger partial charge in [-0.05, 0) is 36.8 Å². The molecule has 1 fully saturated rings. The first-order valence-electron chi connectivity index (χ1n) is 10.5. The summed E-state index contributed by atoms with van der Waals surface area (Å²) in [5.41, 5.74) is 1.64. The maximum Gasteiger partial charge on any atom is 0.230 e. The van der Waals surface area contributed by atoms with Gasteiger partial charge in [0.15, 0.2) is 0 Å². The molecule has 3 heterocycles. The van der Waals surface area contributed by atoms with Crippen LogP contribution in [0.15, 0.2) is 48.5 Å². The van der Waals surface area contributed by atoms with Gasteiger partial charge in [0.1, 0.15) is 17.4 Å². The predicted octanol–water partition coefficient (Wildman–Crippen LogP) is 3.86. The zero-order valence-electron chi connectivity index (χ0n) is 17.9. The van der Waals surface area contributed by atoms with Gasteiger partial charge in [-0.2, -0.15) is 4.52 Å². The molecule has 1 atom stereocenters. The summed E-state index contributed by atoms with van der Waals surface area (Å²) >= 11 is 1.44. The van der Waals surface area contributed by atoms with Crippen molar-refractivity contribution in [3.8, 4) is 11.6 Å². The Morgan fingerprint density at radius 1 is 1.09 bits per heavy atom. The Morgan fingerprint density at radius 2 is 1.88 bits per heavy atom. The van der Waals surface area contributed by atoms with E-state index in [0.717, 1.165) is 16.2 Å². The molecule has 0 bridgehead atoms. The van der Waals surface area contributed by atoms with Crippen molar-refractivity contribution in [1.82, 2.24) is 19.5 Å². The molecule has 9 heteroatoms. The van der Waals surface area contributed by atoms with Crippen LogP contribution in [0.2, 0.25) is 0 Å². The Bertz CT molecular complexity index is 1250. The highest BCUT2D eigenvalue weighted by Crippen LogP contribution is 2.41. The third-order valence-corrected chi connectivity index (χ3v) is 6.91. The molecule has 0 radical (unpaired) electrons. The number of nitrogens with zero attached hydrogens (tertiary/aromatic N) is 5. The van der Waals surface area contributed by atoms with Crippen molar-refractivity contribution in [2.45, 2.75) is 13.0 Å². The van der Waals surface area contributed by atoms with E-state index in [-0.39, 0.29) is 17.7 Å². The number of halogens is 1. The molecule has 1 aliphatic heterocycles. The van der Waals surface area contributed by atoms with Crippen LogP contribution >= 0.6 is 11.3 Å². The normalized spacial score (nSPS) is 15.9. The molecule has 0 unspecified atom stereocenters. The third-order valence-electron chi connectivity index (χ3n) is 5.84. The Labute approximate surface area is 189 Å². The summed E-state index contributed by atoms with van der Waals surface area (Å²) in [5.74, 6) is 1.28. The second kappa shape index (κ2) is 8.40. The lowest BCUT2D eigenvalue weighted by Crippen LogP contribution is -2.48. The summed E-state index contributed by atoms with van der Waals surface area (Å²) in [6.07, 6.45) is 0. The highest BCUT2D eigenvalue weighted by Gasteiger charge is 2.32. The average molecular weight is 454 g/mol. The minimum Gasteiger partial charge on any atom is -0.497 e. The molecule has 0 amide bonds. The van der Waals surface area contributed by atoms with Crippen LogP contribution in [-0.2, 0) is 0 Å². The van der Waals surface area contributed by atoms with Gasteiger partial charge in [-0.25, -0.2) is 9.37 Å². The molecule has 7 nitrogen and oxygen atoms in total. The van der Waals surface area contributed by atoms with Crippen LogP contribution in [0, 0.1) is 12.7 Å². The smallest absolute Gasteiger partial charge is 0.230 e. The number of aromatic hydroxyl groups is 1. The van der Waals surface area contributed by atoms with Crippen molar-refractivity contribution in [2.24, 2.45) is 0 Å². The summed E-state index contributed by atoms with van der Waals surface area (Å²) in [6.45, 7) is 4.59. The lowest BCUT2D eigenvalue weighted by molar-refractivity contribution is 0.210. The second-order valence-electron chi connectivity index (χ2n) is 7.80. The van der Waals surface area contributed by atoms with E-state index in [1.165, 1.54) is 21.9 Å². The Balaban J connectivity index is 1.49. The average Bonchev–Trinajstić information content (AvgIpc) is 3.32. The van der Waals surface area contributed by atoms with Crippen LogP contribution in [0.3, 0.4) is 0 Å². The Kier molecular flexibility index (Phi) is 5.44. The molecule has 4 aromatic rings. The van der Waals surface area contributed by atoms with Gasteiger partial charge in [0, 0.05) is 26.2 Å². The molecule has 2 aromatic carbocycles. The molecule has 1 saturated heterocycles. The number of anilines is 1. The van der Waals surface area contributed by atoms with E-state index in [1.807, 2.05) is 36.4 Å². The first kappa shape index (κ1) is 20.7. The van der Waals surface area contributed by atoms with E-state index in [1.54, 1.807) is 20.1 Å². The molecule has 0 saturated carbocycles. The number of aryl methyl sites for hydroxylation is 1. The molecule has 5 rings (SSSR count). The Morgan fingerprint density at radius 3 is 2.59 bits per heavy atom. The van der Waals surface area contributed by atoms with E-state index < -0.39 is 0 Å². The number of ether oxygens (including phenoxy) is 1. The van der Waals surface area contributed by atoms with E-state index in [2.05, 4.69) is 19.9 Å². The Hall–Kier alpha value is -3.17. The van der Waals surface area contributed by atoms with Crippen molar-refractivity contribution in [1.29, 1.82) is 0 Å². The molecule has 0 spiro atoms. The van der Waals surface area contributed by atoms with Crippen LogP contribution in [0.5, 0.6) is 11.6 Å². The topological polar surface area (TPSA) is 66.1 Å². The van der Waals surface area contributed by atoms with E-state index in [4.69, 9.17) is 4.74 Å². The van der Waals surface area contributed by atoms with Crippen molar-refractivity contribution in [2.75, 3.05) is 38.2 Å². The number of para-hydroxylation sites is 1. The van der Waals surface area contributed by atoms with Gasteiger partial charge in [-0.1, -0.05) is 35.6 Å². The molecule has 0 aliphatic carbocycles. The van der Waals surface area contributed by atoms with E-state index in [9.17, 15) is 9.50 Å². The number of methoxy groups -OCH3 is 1. The number of hydrogen-bond acceptors (Lipinski definition) is 7. The zero-order chi connectivity index (χ0) is 22.2. The van der Waals surface area contributed by atoms with Gasteiger partial charge in [-0.3, -0.25) is 4.90 Å².